The number of sulfone groups is 1. The zero-order valence-electron chi connectivity index (χ0n) is 12.2. The summed E-state index contributed by atoms with van der Waals surface area (Å²) < 4.78 is 22.5. The van der Waals surface area contributed by atoms with E-state index in [0.717, 1.165) is 19.3 Å². The summed E-state index contributed by atoms with van der Waals surface area (Å²) in [6.45, 7) is 0.595. The predicted molar refractivity (Wildman–Crippen MR) is 82.6 cm³/mol. The molecule has 1 amide bonds. The van der Waals surface area contributed by atoms with Crippen molar-refractivity contribution in [1.29, 1.82) is 0 Å². The molecule has 6 heteroatoms. The Balaban J connectivity index is 2.00. The fourth-order valence-corrected chi connectivity index (χ4v) is 3.61. The molecule has 0 spiro atoms. The second-order valence-electron chi connectivity index (χ2n) is 5.77. The van der Waals surface area contributed by atoms with E-state index in [0.29, 0.717) is 23.6 Å². The van der Waals surface area contributed by atoms with E-state index >= 15 is 0 Å². The van der Waals surface area contributed by atoms with Gasteiger partial charge in [0, 0.05) is 17.9 Å². The third-order valence-corrected chi connectivity index (χ3v) is 4.78. The number of carbonyl (C=O) groups excluding carboxylic acids is 1. The molecule has 21 heavy (non-hydrogen) atoms. The molecule has 0 aromatic heterocycles. The third-order valence-electron chi connectivity index (χ3n) is 3.92. The Morgan fingerprint density at radius 3 is 2.52 bits per heavy atom. The number of nitrogens with one attached hydrogen (secondary N) is 1. The van der Waals surface area contributed by atoms with Crippen LogP contribution in [0.15, 0.2) is 24.3 Å². The van der Waals surface area contributed by atoms with Gasteiger partial charge in [-0.15, -0.1) is 0 Å². The number of nitrogens with two attached hydrogens (primary N) is 1. The lowest BCUT2D eigenvalue weighted by Gasteiger charge is -2.19. The maximum Gasteiger partial charge on any atom is 0.251 e. The fraction of sp³-hybridized carbons (Fsp3) is 0.533. The molecule has 3 N–H and O–H groups in total. The Kier molecular flexibility index (Phi) is 5.00. The van der Waals surface area contributed by atoms with E-state index in [9.17, 15) is 13.2 Å². The highest BCUT2D eigenvalue weighted by Crippen LogP contribution is 2.24. The van der Waals surface area contributed by atoms with Crippen molar-refractivity contribution in [1.82, 2.24) is 5.32 Å². The molecule has 2 atom stereocenters. The van der Waals surface area contributed by atoms with Crippen molar-refractivity contribution in [3.8, 4) is 0 Å². The molecule has 0 heterocycles. The molecule has 1 aromatic rings. The van der Waals surface area contributed by atoms with E-state index < -0.39 is 9.84 Å². The van der Waals surface area contributed by atoms with Crippen LogP contribution in [0, 0.1) is 5.92 Å². The Morgan fingerprint density at radius 2 is 1.95 bits per heavy atom. The molecule has 0 bridgehead atoms. The highest BCUT2D eigenvalue weighted by Gasteiger charge is 2.27. The normalized spacial score (nSPS) is 22.2. The Bertz CT molecular complexity index is 596. The molecule has 0 saturated heterocycles. The highest BCUT2D eigenvalue weighted by atomic mass is 32.2. The summed E-state index contributed by atoms with van der Waals surface area (Å²) in [5.41, 5.74) is 6.95. The van der Waals surface area contributed by atoms with Crippen LogP contribution in [0.25, 0.3) is 0 Å². The first kappa shape index (κ1) is 16.0. The summed E-state index contributed by atoms with van der Waals surface area (Å²) in [7, 11) is -3.05. The number of amides is 1. The van der Waals surface area contributed by atoms with Gasteiger partial charge in [0.25, 0.3) is 5.91 Å². The molecule has 0 aliphatic heterocycles. The summed E-state index contributed by atoms with van der Waals surface area (Å²) in [6.07, 6.45) is 4.33. The van der Waals surface area contributed by atoms with Crippen LogP contribution in [0.3, 0.4) is 0 Å². The second-order valence-corrected chi connectivity index (χ2v) is 7.91. The first-order valence-electron chi connectivity index (χ1n) is 7.16. The summed E-state index contributed by atoms with van der Waals surface area (Å²) >= 11 is 0. The topological polar surface area (TPSA) is 89.3 Å². The van der Waals surface area contributed by atoms with Gasteiger partial charge in [0.1, 0.15) is 0 Å². The van der Waals surface area contributed by atoms with Gasteiger partial charge < -0.3 is 11.1 Å². The van der Waals surface area contributed by atoms with Gasteiger partial charge in [0.05, 0.1) is 5.75 Å². The van der Waals surface area contributed by atoms with Crippen molar-refractivity contribution in [3.05, 3.63) is 35.4 Å². The number of rotatable bonds is 5. The van der Waals surface area contributed by atoms with Crippen LogP contribution < -0.4 is 11.1 Å². The lowest BCUT2D eigenvalue weighted by molar-refractivity contribution is 0.0929. The van der Waals surface area contributed by atoms with E-state index in [1.165, 1.54) is 6.26 Å². The van der Waals surface area contributed by atoms with E-state index in [1.54, 1.807) is 24.3 Å². The van der Waals surface area contributed by atoms with Gasteiger partial charge in [-0.1, -0.05) is 18.6 Å². The first-order valence-corrected chi connectivity index (χ1v) is 9.22. The van der Waals surface area contributed by atoms with Gasteiger partial charge in [-0.3, -0.25) is 4.79 Å². The second kappa shape index (κ2) is 6.58. The van der Waals surface area contributed by atoms with Gasteiger partial charge in [-0.05, 0) is 43.0 Å². The van der Waals surface area contributed by atoms with Crippen LogP contribution in [0.2, 0.25) is 0 Å². The van der Waals surface area contributed by atoms with Crippen LogP contribution in [-0.2, 0) is 15.6 Å². The molecule has 1 fully saturated rings. The van der Waals surface area contributed by atoms with Crippen LogP contribution >= 0.6 is 0 Å². The van der Waals surface area contributed by atoms with E-state index in [4.69, 9.17) is 5.73 Å². The monoisotopic (exact) mass is 310 g/mol. The molecule has 5 nitrogen and oxygen atoms in total. The smallest absolute Gasteiger partial charge is 0.251 e. The molecule has 1 aliphatic carbocycles. The minimum absolute atomic E-state index is 0.00717. The molecule has 1 aliphatic rings. The maximum absolute atomic E-state index is 12.2. The lowest BCUT2D eigenvalue weighted by atomic mass is 10.0. The Labute approximate surface area is 125 Å². The van der Waals surface area contributed by atoms with Gasteiger partial charge in [0.2, 0.25) is 0 Å². The van der Waals surface area contributed by atoms with E-state index in [1.807, 2.05) is 0 Å². The standard InChI is InChI=1S/C15H22N2O3S/c1-21(19,20)10-11-5-7-12(8-6-11)15(18)17-14-4-2-3-13(14)9-16/h5-8,13-14H,2-4,9-10,16H2,1H3,(H,17,18). The summed E-state index contributed by atoms with van der Waals surface area (Å²) in [4.78, 5) is 12.2. The molecule has 2 rings (SSSR count). The average Bonchev–Trinajstić information content (AvgIpc) is 2.85. The minimum Gasteiger partial charge on any atom is -0.349 e. The Hall–Kier alpha value is -1.40. The Morgan fingerprint density at radius 1 is 1.29 bits per heavy atom. The average molecular weight is 310 g/mol. The molecule has 116 valence electrons. The number of carbonyl (C=O) groups is 1. The third kappa shape index (κ3) is 4.54. The molecule has 1 aromatic carbocycles. The summed E-state index contributed by atoms with van der Waals surface area (Å²) in [5.74, 6) is 0.233. The largest absolute Gasteiger partial charge is 0.349 e. The van der Waals surface area contributed by atoms with Gasteiger partial charge in [-0.2, -0.15) is 0 Å². The molecular formula is C15H22N2O3S. The van der Waals surface area contributed by atoms with Crippen molar-refractivity contribution in [2.45, 2.75) is 31.1 Å². The maximum atomic E-state index is 12.2. The minimum atomic E-state index is -3.05. The highest BCUT2D eigenvalue weighted by molar-refractivity contribution is 7.89. The predicted octanol–water partition coefficient (Wildman–Crippen LogP) is 1.09. The van der Waals surface area contributed by atoms with Crippen LogP contribution in [0.1, 0.15) is 35.2 Å². The number of benzene rings is 1. The van der Waals surface area contributed by atoms with Gasteiger partial charge in [-0.25, -0.2) is 8.42 Å². The quantitative estimate of drug-likeness (QED) is 0.852. The molecule has 0 radical (unpaired) electrons. The zero-order chi connectivity index (χ0) is 15.5. The van der Waals surface area contributed by atoms with Gasteiger partial charge in [0.15, 0.2) is 9.84 Å². The number of hydrogen-bond acceptors (Lipinski definition) is 4. The molecule has 1 saturated carbocycles. The lowest BCUT2D eigenvalue weighted by Crippen LogP contribution is -2.39. The fourth-order valence-electron chi connectivity index (χ4n) is 2.82. The van der Waals surface area contributed by atoms with Crippen molar-refractivity contribution >= 4 is 15.7 Å². The summed E-state index contributed by atoms with van der Waals surface area (Å²) in [6, 6.07) is 6.86. The van der Waals surface area contributed by atoms with Crippen molar-refractivity contribution in [2.24, 2.45) is 11.7 Å². The first-order chi connectivity index (χ1) is 9.89. The van der Waals surface area contributed by atoms with Crippen molar-refractivity contribution in [2.75, 3.05) is 12.8 Å². The van der Waals surface area contributed by atoms with Crippen molar-refractivity contribution < 1.29 is 13.2 Å². The van der Waals surface area contributed by atoms with Gasteiger partial charge >= 0.3 is 0 Å². The van der Waals surface area contributed by atoms with Crippen LogP contribution in [0.5, 0.6) is 0 Å². The molecular weight excluding hydrogens is 288 g/mol. The van der Waals surface area contributed by atoms with Crippen LogP contribution in [-0.4, -0.2) is 33.2 Å². The molecule has 2 unspecified atom stereocenters. The van der Waals surface area contributed by atoms with E-state index in [-0.39, 0.29) is 17.7 Å². The summed E-state index contributed by atoms with van der Waals surface area (Å²) in [5, 5.41) is 3.03. The zero-order valence-corrected chi connectivity index (χ0v) is 13.0. The number of hydrogen-bond donors (Lipinski definition) is 2. The van der Waals surface area contributed by atoms with Crippen LogP contribution in [0.4, 0.5) is 0 Å². The SMILES string of the molecule is CS(=O)(=O)Cc1ccc(C(=O)NC2CCCC2CN)cc1. The van der Waals surface area contributed by atoms with Crippen molar-refractivity contribution in [3.63, 3.8) is 0 Å². The van der Waals surface area contributed by atoms with E-state index in [2.05, 4.69) is 5.32 Å².